The standard InChI is InChI=1S/C25H28FN5O2/c1-17-8-10-20(11-9-17)28-25-27-18(2)16-23(29-25)30-12-14-31(15-13-30)24(32)19(3)33-22-7-5-4-6-21(22)26/h4-11,16,19H,12-15H2,1-3H3,(H,27,28,29). The molecule has 33 heavy (non-hydrogen) atoms. The number of nitrogens with one attached hydrogen (secondary N) is 1. The molecule has 4 rings (SSSR count). The molecule has 1 fully saturated rings. The van der Waals surface area contributed by atoms with Gasteiger partial charge in [-0.2, -0.15) is 4.98 Å². The van der Waals surface area contributed by atoms with Gasteiger partial charge in [0.15, 0.2) is 17.7 Å². The highest BCUT2D eigenvalue weighted by atomic mass is 19.1. The fourth-order valence-electron chi connectivity index (χ4n) is 3.73. The smallest absolute Gasteiger partial charge is 0.263 e. The van der Waals surface area contributed by atoms with E-state index in [1.54, 1.807) is 24.0 Å². The minimum absolute atomic E-state index is 0.0852. The summed E-state index contributed by atoms with van der Waals surface area (Å²) in [5, 5.41) is 3.26. The molecule has 0 aliphatic carbocycles. The van der Waals surface area contributed by atoms with E-state index < -0.39 is 11.9 Å². The summed E-state index contributed by atoms with van der Waals surface area (Å²) in [6, 6.07) is 16.1. The lowest BCUT2D eigenvalue weighted by molar-refractivity contribution is -0.138. The van der Waals surface area contributed by atoms with Crippen LogP contribution >= 0.6 is 0 Å². The molecular weight excluding hydrogens is 421 g/mol. The molecule has 0 spiro atoms. The van der Waals surface area contributed by atoms with Crippen LogP contribution in [0.15, 0.2) is 54.6 Å². The Bertz CT molecular complexity index is 1110. The molecule has 0 bridgehead atoms. The highest BCUT2D eigenvalue weighted by Gasteiger charge is 2.27. The molecule has 172 valence electrons. The molecule has 7 nitrogen and oxygen atoms in total. The van der Waals surface area contributed by atoms with Crippen molar-refractivity contribution >= 4 is 23.4 Å². The van der Waals surface area contributed by atoms with Gasteiger partial charge in [0, 0.05) is 43.6 Å². The van der Waals surface area contributed by atoms with Gasteiger partial charge >= 0.3 is 0 Å². The Labute approximate surface area is 193 Å². The van der Waals surface area contributed by atoms with Crippen molar-refractivity contribution in [1.29, 1.82) is 0 Å². The number of para-hydroxylation sites is 1. The maximum absolute atomic E-state index is 13.8. The maximum Gasteiger partial charge on any atom is 0.263 e. The zero-order valence-electron chi connectivity index (χ0n) is 19.1. The molecule has 3 aromatic rings. The Morgan fingerprint density at radius 1 is 1.03 bits per heavy atom. The monoisotopic (exact) mass is 449 g/mol. The molecule has 1 amide bonds. The first-order chi connectivity index (χ1) is 15.9. The number of hydrogen-bond donors (Lipinski definition) is 1. The Kier molecular flexibility index (Phi) is 6.72. The lowest BCUT2D eigenvalue weighted by Crippen LogP contribution is -2.52. The summed E-state index contributed by atoms with van der Waals surface area (Å²) in [5.41, 5.74) is 2.98. The molecule has 0 saturated carbocycles. The Balaban J connectivity index is 1.37. The second-order valence-corrected chi connectivity index (χ2v) is 8.18. The van der Waals surface area contributed by atoms with Gasteiger partial charge in [0.2, 0.25) is 5.95 Å². The van der Waals surface area contributed by atoms with Gasteiger partial charge in [0.25, 0.3) is 5.91 Å². The second kappa shape index (κ2) is 9.85. The van der Waals surface area contributed by atoms with Crippen LogP contribution in [0.5, 0.6) is 5.75 Å². The highest BCUT2D eigenvalue weighted by molar-refractivity contribution is 5.81. The predicted octanol–water partition coefficient (Wildman–Crippen LogP) is 4.09. The number of ether oxygens (including phenoxy) is 1. The van der Waals surface area contributed by atoms with Crippen LogP contribution in [0.3, 0.4) is 0 Å². The van der Waals surface area contributed by atoms with E-state index in [1.807, 2.05) is 44.2 Å². The third kappa shape index (κ3) is 5.58. The van der Waals surface area contributed by atoms with Gasteiger partial charge in [-0.15, -0.1) is 0 Å². The van der Waals surface area contributed by atoms with Gasteiger partial charge in [-0.05, 0) is 45.0 Å². The lowest BCUT2D eigenvalue weighted by Gasteiger charge is -2.36. The van der Waals surface area contributed by atoms with Crippen LogP contribution in [0.25, 0.3) is 0 Å². The van der Waals surface area contributed by atoms with Gasteiger partial charge in [-0.3, -0.25) is 4.79 Å². The van der Waals surface area contributed by atoms with E-state index in [0.29, 0.717) is 32.1 Å². The molecule has 1 saturated heterocycles. The molecule has 0 radical (unpaired) electrons. The van der Waals surface area contributed by atoms with Gasteiger partial charge in [-0.1, -0.05) is 29.8 Å². The van der Waals surface area contributed by atoms with Gasteiger partial charge in [-0.25, -0.2) is 9.37 Å². The average Bonchev–Trinajstić information content (AvgIpc) is 2.81. The van der Waals surface area contributed by atoms with Gasteiger partial charge < -0.3 is 19.9 Å². The van der Waals surface area contributed by atoms with E-state index in [1.165, 1.54) is 17.7 Å². The third-order valence-electron chi connectivity index (χ3n) is 5.55. The summed E-state index contributed by atoms with van der Waals surface area (Å²) in [5.74, 6) is 0.816. The summed E-state index contributed by atoms with van der Waals surface area (Å²) < 4.78 is 19.4. The van der Waals surface area contributed by atoms with E-state index >= 15 is 0 Å². The van der Waals surface area contributed by atoms with Crippen molar-refractivity contribution in [3.8, 4) is 5.75 Å². The second-order valence-electron chi connectivity index (χ2n) is 8.18. The zero-order valence-corrected chi connectivity index (χ0v) is 19.1. The minimum Gasteiger partial charge on any atom is -0.478 e. The van der Waals surface area contributed by atoms with Crippen LogP contribution in [-0.4, -0.2) is 53.1 Å². The fourth-order valence-corrected chi connectivity index (χ4v) is 3.73. The molecule has 1 unspecified atom stereocenters. The van der Waals surface area contributed by atoms with Crippen LogP contribution in [0.4, 0.5) is 21.8 Å². The molecule has 1 aromatic heterocycles. The van der Waals surface area contributed by atoms with Crippen LogP contribution in [-0.2, 0) is 4.79 Å². The number of aryl methyl sites for hydroxylation is 2. The first-order valence-electron chi connectivity index (χ1n) is 11.0. The van der Waals surface area contributed by atoms with E-state index in [4.69, 9.17) is 4.74 Å². The Morgan fingerprint density at radius 3 is 2.42 bits per heavy atom. The van der Waals surface area contributed by atoms with Gasteiger partial charge in [0.05, 0.1) is 0 Å². The fraction of sp³-hybridized carbons (Fsp3) is 0.320. The molecule has 2 heterocycles. The summed E-state index contributed by atoms with van der Waals surface area (Å²) in [6.45, 7) is 7.98. The van der Waals surface area contributed by atoms with E-state index in [2.05, 4.69) is 20.2 Å². The molecule has 8 heteroatoms. The first kappa shape index (κ1) is 22.5. The number of carbonyl (C=O) groups is 1. The summed E-state index contributed by atoms with van der Waals surface area (Å²) in [7, 11) is 0. The summed E-state index contributed by atoms with van der Waals surface area (Å²) in [4.78, 5) is 25.9. The predicted molar refractivity (Wildman–Crippen MR) is 127 cm³/mol. The van der Waals surface area contributed by atoms with Crippen molar-refractivity contribution in [1.82, 2.24) is 14.9 Å². The van der Waals surface area contributed by atoms with Crippen LogP contribution in [0, 0.1) is 19.7 Å². The van der Waals surface area contributed by atoms with Crippen molar-refractivity contribution in [2.24, 2.45) is 0 Å². The number of hydrogen-bond acceptors (Lipinski definition) is 6. The number of benzene rings is 2. The molecule has 2 aromatic carbocycles. The van der Waals surface area contributed by atoms with Crippen molar-refractivity contribution in [3.63, 3.8) is 0 Å². The Morgan fingerprint density at radius 2 is 1.73 bits per heavy atom. The molecule has 1 atom stereocenters. The van der Waals surface area contributed by atoms with Crippen molar-refractivity contribution < 1.29 is 13.9 Å². The minimum atomic E-state index is -0.764. The number of aromatic nitrogens is 2. The number of anilines is 3. The summed E-state index contributed by atoms with van der Waals surface area (Å²) >= 11 is 0. The van der Waals surface area contributed by atoms with Crippen LogP contribution in [0.1, 0.15) is 18.2 Å². The van der Waals surface area contributed by atoms with Crippen molar-refractivity contribution in [2.75, 3.05) is 36.4 Å². The number of piperazine rings is 1. The normalized spacial score (nSPS) is 14.7. The SMILES string of the molecule is Cc1ccc(Nc2nc(C)cc(N3CCN(C(=O)C(C)Oc4ccccc4F)CC3)n2)cc1. The number of rotatable bonds is 6. The largest absolute Gasteiger partial charge is 0.478 e. The summed E-state index contributed by atoms with van der Waals surface area (Å²) in [6.07, 6.45) is -0.764. The molecule has 1 aliphatic rings. The number of nitrogens with zero attached hydrogens (tertiary/aromatic N) is 4. The zero-order chi connectivity index (χ0) is 23.4. The van der Waals surface area contributed by atoms with E-state index in [0.717, 1.165) is 17.2 Å². The third-order valence-corrected chi connectivity index (χ3v) is 5.55. The molecule has 1 N–H and O–H groups in total. The first-order valence-corrected chi connectivity index (χ1v) is 11.0. The van der Waals surface area contributed by atoms with Crippen LogP contribution in [0.2, 0.25) is 0 Å². The average molecular weight is 450 g/mol. The van der Waals surface area contributed by atoms with Gasteiger partial charge in [0.1, 0.15) is 5.82 Å². The van der Waals surface area contributed by atoms with Crippen molar-refractivity contribution in [3.05, 3.63) is 71.7 Å². The highest BCUT2D eigenvalue weighted by Crippen LogP contribution is 2.21. The number of amides is 1. The van der Waals surface area contributed by atoms with Crippen molar-refractivity contribution in [2.45, 2.75) is 26.9 Å². The number of halogens is 1. The van der Waals surface area contributed by atoms with E-state index in [-0.39, 0.29) is 11.7 Å². The van der Waals surface area contributed by atoms with E-state index in [9.17, 15) is 9.18 Å². The Hall–Kier alpha value is -3.68. The molecule has 1 aliphatic heterocycles. The molecular formula is C25H28FN5O2. The number of carbonyl (C=O) groups excluding carboxylic acids is 1. The maximum atomic E-state index is 13.8. The van der Waals surface area contributed by atoms with Crippen LogP contribution < -0.4 is 15.0 Å². The topological polar surface area (TPSA) is 70.6 Å². The quantitative estimate of drug-likeness (QED) is 0.611. The lowest BCUT2D eigenvalue weighted by atomic mass is 10.2.